The Morgan fingerprint density at radius 2 is 1.82 bits per heavy atom. The molecule has 11 heavy (non-hydrogen) atoms. The zero-order valence-electron chi connectivity index (χ0n) is 7.90. The highest BCUT2D eigenvalue weighted by Crippen LogP contribution is 2.51. The van der Waals surface area contributed by atoms with Gasteiger partial charge < -0.3 is 0 Å². The Morgan fingerprint density at radius 3 is 2.27 bits per heavy atom. The highest BCUT2D eigenvalue weighted by molar-refractivity contribution is 4.90. The second-order valence-electron chi connectivity index (χ2n) is 5.19. The second-order valence-corrected chi connectivity index (χ2v) is 5.19. The van der Waals surface area contributed by atoms with Crippen molar-refractivity contribution in [2.45, 2.75) is 52.4 Å². The predicted octanol–water partition coefficient (Wildman–Crippen LogP) is 3.61. The summed E-state index contributed by atoms with van der Waals surface area (Å²) in [5.74, 6) is 2.17. The number of rotatable bonds is 2. The molecule has 2 rings (SSSR count). The Morgan fingerprint density at radius 1 is 1.27 bits per heavy atom. The first-order valence-electron chi connectivity index (χ1n) is 5.20. The zero-order valence-corrected chi connectivity index (χ0v) is 7.90. The van der Waals surface area contributed by atoms with E-state index in [1.807, 2.05) is 0 Å². The molecule has 0 amide bonds. The molecule has 2 unspecified atom stereocenters. The molecule has 0 aromatic rings. The van der Waals surface area contributed by atoms with Crippen molar-refractivity contribution >= 4 is 0 Å². The minimum Gasteiger partial charge on any atom is -0.0622 e. The Labute approximate surface area is 70.4 Å². The molecule has 0 heterocycles. The van der Waals surface area contributed by atoms with Gasteiger partial charge in [-0.1, -0.05) is 26.7 Å². The fourth-order valence-corrected chi connectivity index (χ4v) is 2.75. The standard InChI is InChI=1S/C11H20/c1-9-7-10(9)8-11(2)5-3-4-6-11/h9-10H,3-8H2,1-2H3. The molecule has 0 aromatic heterocycles. The number of hydrogen-bond acceptors (Lipinski definition) is 0. The maximum Gasteiger partial charge on any atom is -0.0323 e. The van der Waals surface area contributed by atoms with Gasteiger partial charge in [-0.3, -0.25) is 0 Å². The van der Waals surface area contributed by atoms with Crippen molar-refractivity contribution in [1.82, 2.24) is 0 Å². The summed E-state index contributed by atoms with van der Waals surface area (Å²) in [5, 5.41) is 0. The van der Waals surface area contributed by atoms with Gasteiger partial charge in [0.1, 0.15) is 0 Å². The third-order valence-electron chi connectivity index (χ3n) is 3.84. The van der Waals surface area contributed by atoms with Crippen molar-refractivity contribution in [3.8, 4) is 0 Å². The van der Waals surface area contributed by atoms with Gasteiger partial charge in [0.15, 0.2) is 0 Å². The van der Waals surface area contributed by atoms with Gasteiger partial charge >= 0.3 is 0 Å². The van der Waals surface area contributed by atoms with Crippen LogP contribution < -0.4 is 0 Å². The first-order chi connectivity index (χ1) is 5.20. The van der Waals surface area contributed by atoms with Crippen LogP contribution in [-0.4, -0.2) is 0 Å². The monoisotopic (exact) mass is 152 g/mol. The lowest BCUT2D eigenvalue weighted by Gasteiger charge is -2.23. The van der Waals surface area contributed by atoms with E-state index in [-0.39, 0.29) is 0 Å². The van der Waals surface area contributed by atoms with Gasteiger partial charge in [0.05, 0.1) is 0 Å². The molecule has 2 fully saturated rings. The van der Waals surface area contributed by atoms with Gasteiger partial charge in [0, 0.05) is 0 Å². The fraction of sp³-hybridized carbons (Fsp3) is 1.00. The Kier molecular flexibility index (Phi) is 1.74. The van der Waals surface area contributed by atoms with Crippen molar-refractivity contribution in [1.29, 1.82) is 0 Å². The maximum absolute atomic E-state index is 2.50. The van der Waals surface area contributed by atoms with E-state index in [1.54, 1.807) is 0 Å². The molecule has 0 aromatic carbocycles. The Hall–Kier alpha value is 0. The van der Waals surface area contributed by atoms with E-state index in [4.69, 9.17) is 0 Å². The molecule has 0 aliphatic heterocycles. The molecular weight excluding hydrogens is 132 g/mol. The summed E-state index contributed by atoms with van der Waals surface area (Å²) in [6.45, 7) is 4.91. The van der Waals surface area contributed by atoms with Gasteiger partial charge in [0.2, 0.25) is 0 Å². The summed E-state index contributed by atoms with van der Waals surface area (Å²) in [6, 6.07) is 0. The molecule has 0 radical (unpaired) electrons. The van der Waals surface area contributed by atoms with Crippen molar-refractivity contribution in [2.75, 3.05) is 0 Å². The van der Waals surface area contributed by atoms with E-state index in [0.29, 0.717) is 0 Å². The van der Waals surface area contributed by atoms with Crippen LogP contribution in [0.3, 0.4) is 0 Å². The third kappa shape index (κ3) is 1.60. The van der Waals surface area contributed by atoms with Gasteiger partial charge in [0.25, 0.3) is 0 Å². The van der Waals surface area contributed by atoms with Gasteiger partial charge in [-0.2, -0.15) is 0 Å². The van der Waals surface area contributed by atoms with E-state index in [1.165, 1.54) is 38.5 Å². The molecule has 0 heteroatoms. The average Bonchev–Trinajstić information content (AvgIpc) is 2.47. The first-order valence-corrected chi connectivity index (χ1v) is 5.20. The molecular formula is C11H20. The summed E-state index contributed by atoms with van der Waals surface area (Å²) in [4.78, 5) is 0. The third-order valence-corrected chi connectivity index (χ3v) is 3.84. The molecule has 2 saturated carbocycles. The van der Waals surface area contributed by atoms with Crippen LogP contribution in [0.25, 0.3) is 0 Å². The van der Waals surface area contributed by atoms with E-state index < -0.39 is 0 Å². The first kappa shape index (κ1) is 7.64. The number of hydrogen-bond donors (Lipinski definition) is 0. The minimum atomic E-state index is 0.759. The smallest absolute Gasteiger partial charge is 0.0323 e. The van der Waals surface area contributed by atoms with Crippen LogP contribution >= 0.6 is 0 Å². The van der Waals surface area contributed by atoms with Crippen LogP contribution in [0.5, 0.6) is 0 Å². The van der Waals surface area contributed by atoms with E-state index in [0.717, 1.165) is 17.3 Å². The minimum absolute atomic E-state index is 0.759. The fourth-order valence-electron chi connectivity index (χ4n) is 2.75. The summed E-state index contributed by atoms with van der Waals surface area (Å²) >= 11 is 0. The topological polar surface area (TPSA) is 0 Å². The molecule has 0 nitrogen and oxygen atoms in total. The molecule has 2 aliphatic rings. The normalized spacial score (nSPS) is 40.9. The van der Waals surface area contributed by atoms with Gasteiger partial charge in [-0.25, -0.2) is 0 Å². The lowest BCUT2D eigenvalue weighted by atomic mass is 9.83. The molecule has 2 atom stereocenters. The Bertz CT molecular complexity index is 142. The zero-order chi connectivity index (χ0) is 7.90. The molecule has 0 saturated heterocycles. The van der Waals surface area contributed by atoms with E-state index >= 15 is 0 Å². The van der Waals surface area contributed by atoms with Crippen molar-refractivity contribution in [2.24, 2.45) is 17.3 Å². The highest BCUT2D eigenvalue weighted by atomic mass is 14.4. The van der Waals surface area contributed by atoms with Crippen LogP contribution in [0.4, 0.5) is 0 Å². The summed E-state index contributed by atoms with van der Waals surface area (Å²) in [5.41, 5.74) is 0.759. The SMILES string of the molecule is CC1CC1CC1(C)CCCC1. The molecule has 0 bridgehead atoms. The summed E-state index contributed by atoms with van der Waals surface area (Å²) in [7, 11) is 0. The summed E-state index contributed by atoms with van der Waals surface area (Å²) < 4.78 is 0. The average molecular weight is 152 g/mol. The molecule has 0 spiro atoms. The molecule has 64 valence electrons. The largest absolute Gasteiger partial charge is 0.0622 e. The van der Waals surface area contributed by atoms with Crippen molar-refractivity contribution in [3.63, 3.8) is 0 Å². The van der Waals surface area contributed by atoms with Gasteiger partial charge in [-0.05, 0) is 42.9 Å². The predicted molar refractivity (Wildman–Crippen MR) is 48.5 cm³/mol. The van der Waals surface area contributed by atoms with Crippen LogP contribution in [0.15, 0.2) is 0 Å². The molecule has 2 aliphatic carbocycles. The lowest BCUT2D eigenvalue weighted by molar-refractivity contribution is 0.284. The Balaban J connectivity index is 1.84. The maximum atomic E-state index is 2.50. The van der Waals surface area contributed by atoms with Crippen molar-refractivity contribution in [3.05, 3.63) is 0 Å². The van der Waals surface area contributed by atoms with Crippen molar-refractivity contribution < 1.29 is 0 Å². The molecule has 0 N–H and O–H groups in total. The van der Waals surface area contributed by atoms with E-state index in [9.17, 15) is 0 Å². The van der Waals surface area contributed by atoms with Crippen LogP contribution in [-0.2, 0) is 0 Å². The van der Waals surface area contributed by atoms with Gasteiger partial charge in [-0.15, -0.1) is 0 Å². The summed E-state index contributed by atoms with van der Waals surface area (Å²) in [6.07, 6.45) is 9.07. The van der Waals surface area contributed by atoms with E-state index in [2.05, 4.69) is 13.8 Å². The second kappa shape index (κ2) is 2.50. The van der Waals surface area contributed by atoms with Crippen LogP contribution in [0.2, 0.25) is 0 Å². The lowest BCUT2D eigenvalue weighted by Crippen LogP contribution is -2.11. The quantitative estimate of drug-likeness (QED) is 0.567. The van der Waals surface area contributed by atoms with Crippen LogP contribution in [0.1, 0.15) is 52.4 Å². The highest BCUT2D eigenvalue weighted by Gasteiger charge is 2.40. The van der Waals surface area contributed by atoms with Crippen LogP contribution in [0, 0.1) is 17.3 Å².